The van der Waals surface area contributed by atoms with Gasteiger partial charge in [0.1, 0.15) is 0 Å². The first-order valence-corrected chi connectivity index (χ1v) is 7.87. The van der Waals surface area contributed by atoms with Crippen LogP contribution in [0.4, 0.5) is 0 Å². The second kappa shape index (κ2) is 6.33. The van der Waals surface area contributed by atoms with E-state index in [0.29, 0.717) is 0 Å². The normalized spacial score (nSPS) is 12.4. The molecule has 0 aliphatic carbocycles. The van der Waals surface area contributed by atoms with E-state index in [1.807, 2.05) is 13.1 Å². The third kappa shape index (κ3) is 3.23. The van der Waals surface area contributed by atoms with Crippen LogP contribution in [0.2, 0.25) is 0 Å². The highest BCUT2D eigenvalue weighted by Crippen LogP contribution is 2.31. The molecule has 2 aromatic carbocycles. The maximum absolute atomic E-state index is 3.61. The van der Waals surface area contributed by atoms with Gasteiger partial charge in [-0.15, -0.1) is 0 Å². The van der Waals surface area contributed by atoms with E-state index in [2.05, 4.69) is 89.5 Å². The highest BCUT2D eigenvalue weighted by Gasteiger charge is 2.15. The molecule has 0 radical (unpaired) electrons. The lowest BCUT2D eigenvalue weighted by molar-refractivity contribution is 0.688. The van der Waals surface area contributed by atoms with Crippen molar-refractivity contribution in [1.29, 1.82) is 0 Å². The molecule has 4 heteroatoms. The van der Waals surface area contributed by atoms with E-state index in [9.17, 15) is 0 Å². The average Bonchev–Trinajstić information content (AvgIpc) is 2.37. The molecule has 2 aromatic rings. The topological polar surface area (TPSA) is 12.0 Å². The van der Waals surface area contributed by atoms with Crippen molar-refractivity contribution in [3.63, 3.8) is 0 Å². The number of halogens is 3. The van der Waals surface area contributed by atoms with Crippen LogP contribution in [0.3, 0.4) is 0 Å². The Labute approximate surface area is 132 Å². The fourth-order valence-electron chi connectivity index (χ4n) is 1.89. The molecule has 0 fully saturated rings. The van der Waals surface area contributed by atoms with Crippen LogP contribution in [0.15, 0.2) is 55.9 Å². The quantitative estimate of drug-likeness (QED) is 0.694. The Morgan fingerprint density at radius 2 is 1.50 bits per heavy atom. The number of rotatable bonds is 3. The van der Waals surface area contributed by atoms with E-state index in [-0.39, 0.29) is 6.04 Å². The second-order valence-corrected chi connectivity index (χ2v) is 6.62. The van der Waals surface area contributed by atoms with Crippen molar-refractivity contribution in [3.05, 3.63) is 67.0 Å². The summed E-state index contributed by atoms with van der Waals surface area (Å²) in [5.41, 5.74) is 2.45. The van der Waals surface area contributed by atoms with Gasteiger partial charge in [-0.05, 0) is 48.5 Å². The molecule has 1 nitrogen and oxygen atoms in total. The van der Waals surface area contributed by atoms with Crippen LogP contribution < -0.4 is 5.32 Å². The first-order chi connectivity index (χ1) is 8.61. The summed E-state index contributed by atoms with van der Waals surface area (Å²) in [6, 6.07) is 14.8. The van der Waals surface area contributed by atoms with Gasteiger partial charge in [-0.3, -0.25) is 0 Å². The average molecular weight is 434 g/mol. The lowest BCUT2D eigenvalue weighted by Gasteiger charge is -2.19. The largest absolute Gasteiger partial charge is 0.309 e. The van der Waals surface area contributed by atoms with Crippen molar-refractivity contribution >= 4 is 47.8 Å². The Bertz CT molecular complexity index is 537. The Kier molecular flexibility index (Phi) is 5.01. The van der Waals surface area contributed by atoms with Crippen molar-refractivity contribution in [2.75, 3.05) is 7.05 Å². The van der Waals surface area contributed by atoms with Gasteiger partial charge in [-0.2, -0.15) is 0 Å². The molecule has 1 N–H and O–H groups in total. The number of hydrogen-bond donors (Lipinski definition) is 1. The number of nitrogens with one attached hydrogen (secondary N) is 1. The molecular formula is C14H12Br3N. The van der Waals surface area contributed by atoms with Crippen LogP contribution in [0.25, 0.3) is 0 Å². The molecule has 0 heterocycles. The molecule has 0 spiro atoms. The summed E-state index contributed by atoms with van der Waals surface area (Å²) in [5, 5.41) is 3.36. The monoisotopic (exact) mass is 431 g/mol. The highest BCUT2D eigenvalue weighted by atomic mass is 79.9. The van der Waals surface area contributed by atoms with Crippen molar-refractivity contribution in [1.82, 2.24) is 5.32 Å². The van der Waals surface area contributed by atoms with Crippen molar-refractivity contribution in [2.24, 2.45) is 0 Å². The molecule has 0 saturated heterocycles. The lowest BCUT2D eigenvalue weighted by atomic mass is 9.99. The van der Waals surface area contributed by atoms with Gasteiger partial charge in [-0.1, -0.05) is 59.9 Å². The summed E-state index contributed by atoms with van der Waals surface area (Å²) in [5.74, 6) is 0. The van der Waals surface area contributed by atoms with Crippen LogP contribution in [-0.2, 0) is 0 Å². The first kappa shape index (κ1) is 14.3. The van der Waals surface area contributed by atoms with E-state index in [1.165, 1.54) is 11.1 Å². The highest BCUT2D eigenvalue weighted by molar-refractivity contribution is 9.11. The lowest BCUT2D eigenvalue weighted by Crippen LogP contribution is -2.18. The molecule has 0 amide bonds. The van der Waals surface area contributed by atoms with E-state index >= 15 is 0 Å². The Morgan fingerprint density at radius 3 is 2.11 bits per heavy atom. The van der Waals surface area contributed by atoms with Gasteiger partial charge in [0.15, 0.2) is 0 Å². The summed E-state index contributed by atoms with van der Waals surface area (Å²) < 4.78 is 3.28. The predicted molar refractivity (Wildman–Crippen MR) is 86.9 cm³/mol. The fraction of sp³-hybridized carbons (Fsp3) is 0.143. The Balaban J connectivity index is 2.44. The molecule has 0 saturated carbocycles. The summed E-state index contributed by atoms with van der Waals surface area (Å²) in [4.78, 5) is 0. The molecule has 0 aliphatic rings. The zero-order chi connectivity index (χ0) is 13.1. The van der Waals surface area contributed by atoms with Gasteiger partial charge in [-0.25, -0.2) is 0 Å². The third-order valence-corrected chi connectivity index (χ3v) is 4.51. The Hall–Kier alpha value is -0.160. The molecule has 2 rings (SSSR count). The van der Waals surface area contributed by atoms with E-state index < -0.39 is 0 Å². The molecular weight excluding hydrogens is 422 g/mol. The van der Waals surface area contributed by atoms with Crippen LogP contribution in [0.1, 0.15) is 17.2 Å². The van der Waals surface area contributed by atoms with Crippen molar-refractivity contribution < 1.29 is 0 Å². The first-order valence-electron chi connectivity index (χ1n) is 5.49. The SMILES string of the molecule is CNC(c1ccc(Br)cc1)c1cc(Br)ccc1Br. The van der Waals surface area contributed by atoms with Crippen LogP contribution >= 0.6 is 47.8 Å². The maximum Gasteiger partial charge on any atom is 0.0585 e. The van der Waals surface area contributed by atoms with E-state index in [1.54, 1.807) is 0 Å². The summed E-state index contributed by atoms with van der Waals surface area (Å²) in [6.07, 6.45) is 0. The molecule has 1 unspecified atom stereocenters. The van der Waals surface area contributed by atoms with Crippen LogP contribution in [0, 0.1) is 0 Å². The maximum atomic E-state index is 3.61. The zero-order valence-electron chi connectivity index (χ0n) is 9.75. The minimum Gasteiger partial charge on any atom is -0.309 e. The number of hydrogen-bond acceptors (Lipinski definition) is 1. The summed E-state index contributed by atoms with van der Waals surface area (Å²) in [6.45, 7) is 0. The molecule has 0 aliphatic heterocycles. The van der Waals surface area contributed by atoms with Gasteiger partial charge in [0.2, 0.25) is 0 Å². The third-order valence-electron chi connectivity index (χ3n) is 2.76. The van der Waals surface area contributed by atoms with Crippen LogP contribution in [-0.4, -0.2) is 7.05 Å². The van der Waals surface area contributed by atoms with Gasteiger partial charge < -0.3 is 5.32 Å². The molecule has 94 valence electrons. The van der Waals surface area contributed by atoms with E-state index in [4.69, 9.17) is 0 Å². The summed E-state index contributed by atoms with van der Waals surface area (Å²) in [7, 11) is 1.97. The van der Waals surface area contributed by atoms with E-state index in [0.717, 1.165) is 13.4 Å². The molecule has 0 bridgehead atoms. The molecule has 18 heavy (non-hydrogen) atoms. The van der Waals surface area contributed by atoms with Gasteiger partial charge in [0.05, 0.1) is 6.04 Å². The zero-order valence-corrected chi connectivity index (χ0v) is 14.5. The second-order valence-electron chi connectivity index (χ2n) is 3.94. The van der Waals surface area contributed by atoms with Crippen molar-refractivity contribution in [2.45, 2.75) is 6.04 Å². The van der Waals surface area contributed by atoms with Gasteiger partial charge in [0, 0.05) is 13.4 Å². The summed E-state index contributed by atoms with van der Waals surface area (Å²) >= 11 is 10.6. The molecule has 1 atom stereocenters. The minimum absolute atomic E-state index is 0.171. The smallest absolute Gasteiger partial charge is 0.0585 e. The standard InChI is InChI=1S/C14H12Br3N/c1-18-14(9-2-4-10(15)5-3-9)12-8-11(16)6-7-13(12)17/h2-8,14,18H,1H3. The fourth-order valence-corrected chi connectivity index (χ4v) is 3.01. The van der Waals surface area contributed by atoms with Crippen molar-refractivity contribution in [3.8, 4) is 0 Å². The van der Waals surface area contributed by atoms with Crippen LogP contribution in [0.5, 0.6) is 0 Å². The molecule has 0 aromatic heterocycles. The minimum atomic E-state index is 0.171. The Morgan fingerprint density at radius 1 is 0.889 bits per heavy atom. The van der Waals surface area contributed by atoms with Gasteiger partial charge >= 0.3 is 0 Å². The van der Waals surface area contributed by atoms with Gasteiger partial charge in [0.25, 0.3) is 0 Å². The predicted octanol–water partition coefficient (Wildman–Crippen LogP) is 5.28. The number of benzene rings is 2.